The van der Waals surface area contributed by atoms with Gasteiger partial charge in [0.05, 0.1) is 19.2 Å². The number of fused-ring (bicyclic) bond motifs is 1. The molecule has 7 heteroatoms. The fourth-order valence-corrected chi connectivity index (χ4v) is 2.60. The number of aromatic nitrogens is 1. The highest BCUT2D eigenvalue weighted by Crippen LogP contribution is 2.26. The number of carbonyl (C=O) groups excluding carboxylic acids is 3. The number of rotatable bonds is 7. The van der Waals surface area contributed by atoms with Gasteiger partial charge in [0.25, 0.3) is 0 Å². The van der Waals surface area contributed by atoms with Gasteiger partial charge in [-0.25, -0.2) is 0 Å². The van der Waals surface area contributed by atoms with Crippen LogP contribution in [-0.4, -0.2) is 42.6 Å². The Morgan fingerprint density at radius 3 is 2.64 bits per heavy atom. The van der Waals surface area contributed by atoms with Crippen LogP contribution in [-0.2, 0) is 20.7 Å². The summed E-state index contributed by atoms with van der Waals surface area (Å²) in [6, 6.07) is 5.37. The highest BCUT2D eigenvalue weighted by molar-refractivity contribution is 6.01. The van der Waals surface area contributed by atoms with E-state index in [0.717, 1.165) is 10.9 Å². The number of nitrogens with one attached hydrogen (secondary N) is 1. The van der Waals surface area contributed by atoms with E-state index in [2.05, 4.69) is 5.32 Å². The van der Waals surface area contributed by atoms with Crippen LogP contribution in [0.1, 0.15) is 30.6 Å². The van der Waals surface area contributed by atoms with Crippen molar-refractivity contribution in [1.82, 2.24) is 9.88 Å². The van der Waals surface area contributed by atoms with Crippen LogP contribution in [0.25, 0.3) is 10.9 Å². The number of benzene rings is 1. The number of carbonyl (C=O) groups is 3. The summed E-state index contributed by atoms with van der Waals surface area (Å²) in [5.41, 5.74) is 1.58. The summed E-state index contributed by atoms with van der Waals surface area (Å²) in [6.07, 6.45) is 1.94. The lowest BCUT2D eigenvalue weighted by molar-refractivity contribution is -0.142. The molecule has 2 rings (SSSR count). The molecule has 0 aliphatic heterocycles. The molecule has 0 saturated carbocycles. The molecule has 0 radical (unpaired) electrons. The van der Waals surface area contributed by atoms with Crippen LogP contribution in [0.4, 0.5) is 0 Å². The minimum Gasteiger partial charge on any atom is -0.497 e. The molecule has 1 N–H and O–H groups in total. The molecule has 1 aromatic heterocycles. The lowest BCUT2D eigenvalue weighted by atomic mass is 10.1. The molecule has 0 aliphatic rings. The molecule has 0 atom stereocenters. The van der Waals surface area contributed by atoms with E-state index in [4.69, 9.17) is 9.47 Å². The Labute approximate surface area is 145 Å². The highest BCUT2D eigenvalue weighted by Gasteiger charge is 2.17. The summed E-state index contributed by atoms with van der Waals surface area (Å²) >= 11 is 0. The molecule has 0 aliphatic carbocycles. The maximum absolute atomic E-state index is 12.5. The number of methoxy groups -OCH3 is 1. The second kappa shape index (κ2) is 8.32. The SMILES string of the molecule is CCOC(=O)CC(=O)n1cc(CCNC(C)=O)c2cc(OC)ccc21. The summed E-state index contributed by atoms with van der Waals surface area (Å²) in [6.45, 7) is 3.84. The van der Waals surface area contributed by atoms with Crippen LogP contribution in [0.15, 0.2) is 24.4 Å². The number of hydrogen-bond acceptors (Lipinski definition) is 5. The standard InChI is InChI=1S/C18H22N2O5/c1-4-25-18(23)10-17(22)20-11-13(7-8-19-12(2)21)15-9-14(24-3)5-6-16(15)20/h5-6,9,11H,4,7-8,10H2,1-3H3,(H,19,21). The number of esters is 1. The summed E-state index contributed by atoms with van der Waals surface area (Å²) in [4.78, 5) is 35.1. The first-order valence-electron chi connectivity index (χ1n) is 8.07. The van der Waals surface area contributed by atoms with Gasteiger partial charge in [0.15, 0.2) is 0 Å². The van der Waals surface area contributed by atoms with Gasteiger partial charge in [-0.15, -0.1) is 0 Å². The summed E-state index contributed by atoms with van der Waals surface area (Å²) in [7, 11) is 1.57. The molecule has 1 amide bonds. The van der Waals surface area contributed by atoms with Crippen LogP contribution in [0, 0.1) is 0 Å². The Balaban J connectivity index is 2.34. The number of nitrogens with zero attached hydrogens (tertiary/aromatic N) is 1. The molecule has 0 spiro atoms. The fraction of sp³-hybridized carbons (Fsp3) is 0.389. The van der Waals surface area contributed by atoms with Crippen LogP contribution in [0.3, 0.4) is 0 Å². The van der Waals surface area contributed by atoms with Gasteiger partial charge in [0.1, 0.15) is 12.2 Å². The van der Waals surface area contributed by atoms with E-state index in [1.807, 2.05) is 6.07 Å². The van der Waals surface area contributed by atoms with Crippen molar-refractivity contribution in [3.8, 4) is 5.75 Å². The topological polar surface area (TPSA) is 86.6 Å². The molecule has 2 aromatic rings. The largest absolute Gasteiger partial charge is 0.497 e. The Bertz CT molecular complexity index is 794. The maximum atomic E-state index is 12.5. The Kier molecular flexibility index (Phi) is 6.16. The van der Waals surface area contributed by atoms with Gasteiger partial charge in [-0.05, 0) is 37.1 Å². The molecule has 0 saturated heterocycles. The van der Waals surface area contributed by atoms with Gasteiger partial charge >= 0.3 is 5.97 Å². The third-order valence-electron chi connectivity index (χ3n) is 3.73. The Morgan fingerprint density at radius 1 is 1.24 bits per heavy atom. The van der Waals surface area contributed by atoms with E-state index in [1.165, 1.54) is 11.5 Å². The van der Waals surface area contributed by atoms with Crippen LogP contribution >= 0.6 is 0 Å². The minimum absolute atomic E-state index is 0.111. The van der Waals surface area contributed by atoms with Crippen molar-refractivity contribution in [2.75, 3.05) is 20.3 Å². The maximum Gasteiger partial charge on any atom is 0.315 e. The normalized spacial score (nSPS) is 10.5. The molecule has 1 aromatic carbocycles. The fourth-order valence-electron chi connectivity index (χ4n) is 2.60. The van der Waals surface area contributed by atoms with Crippen molar-refractivity contribution in [2.45, 2.75) is 26.7 Å². The van der Waals surface area contributed by atoms with Crippen molar-refractivity contribution in [3.63, 3.8) is 0 Å². The minimum atomic E-state index is -0.553. The zero-order chi connectivity index (χ0) is 18.4. The third kappa shape index (κ3) is 4.59. The van der Waals surface area contributed by atoms with E-state index >= 15 is 0 Å². The molecule has 0 bridgehead atoms. The van der Waals surface area contributed by atoms with Crippen molar-refractivity contribution in [3.05, 3.63) is 30.0 Å². The van der Waals surface area contributed by atoms with Gasteiger partial charge in [-0.3, -0.25) is 19.0 Å². The highest BCUT2D eigenvalue weighted by atomic mass is 16.5. The Hall–Kier alpha value is -2.83. The quantitative estimate of drug-likeness (QED) is 0.611. The van der Waals surface area contributed by atoms with Crippen molar-refractivity contribution >= 4 is 28.7 Å². The second-order valence-corrected chi connectivity index (χ2v) is 5.52. The first-order chi connectivity index (χ1) is 12.0. The van der Waals surface area contributed by atoms with Gasteiger partial charge < -0.3 is 14.8 Å². The smallest absolute Gasteiger partial charge is 0.315 e. The monoisotopic (exact) mass is 346 g/mol. The average Bonchev–Trinajstić information content (AvgIpc) is 2.92. The van der Waals surface area contributed by atoms with E-state index < -0.39 is 5.97 Å². The molecule has 1 heterocycles. The summed E-state index contributed by atoms with van der Waals surface area (Å²) in [5, 5.41) is 3.59. The number of hydrogen-bond donors (Lipinski definition) is 1. The van der Waals surface area contributed by atoms with E-state index in [-0.39, 0.29) is 24.8 Å². The lowest BCUT2D eigenvalue weighted by Gasteiger charge is -2.05. The molecule has 0 fully saturated rings. The molecule has 134 valence electrons. The summed E-state index contributed by atoms with van der Waals surface area (Å²) in [5.74, 6) is -0.356. The Morgan fingerprint density at radius 2 is 2.00 bits per heavy atom. The molecule has 0 unspecified atom stereocenters. The molecular weight excluding hydrogens is 324 g/mol. The number of ether oxygens (including phenoxy) is 2. The second-order valence-electron chi connectivity index (χ2n) is 5.52. The molecule has 7 nitrogen and oxygen atoms in total. The zero-order valence-corrected chi connectivity index (χ0v) is 14.6. The molecular formula is C18H22N2O5. The van der Waals surface area contributed by atoms with E-state index in [0.29, 0.717) is 24.2 Å². The average molecular weight is 346 g/mol. The summed E-state index contributed by atoms with van der Waals surface area (Å²) < 4.78 is 11.5. The predicted molar refractivity (Wildman–Crippen MR) is 92.8 cm³/mol. The van der Waals surface area contributed by atoms with Crippen molar-refractivity contribution in [2.24, 2.45) is 0 Å². The zero-order valence-electron chi connectivity index (χ0n) is 14.6. The predicted octanol–water partition coefficient (Wildman–Crippen LogP) is 1.92. The van der Waals surface area contributed by atoms with Gasteiger partial charge in [0, 0.05) is 25.1 Å². The van der Waals surface area contributed by atoms with Gasteiger partial charge in [-0.2, -0.15) is 0 Å². The number of amides is 1. The van der Waals surface area contributed by atoms with E-state index in [1.54, 1.807) is 32.4 Å². The van der Waals surface area contributed by atoms with Gasteiger partial charge in [-0.1, -0.05) is 0 Å². The third-order valence-corrected chi connectivity index (χ3v) is 3.73. The van der Waals surface area contributed by atoms with Crippen molar-refractivity contribution in [1.29, 1.82) is 0 Å². The lowest BCUT2D eigenvalue weighted by Crippen LogP contribution is -2.22. The van der Waals surface area contributed by atoms with Crippen LogP contribution in [0.5, 0.6) is 5.75 Å². The van der Waals surface area contributed by atoms with E-state index in [9.17, 15) is 14.4 Å². The first-order valence-corrected chi connectivity index (χ1v) is 8.07. The molecule has 25 heavy (non-hydrogen) atoms. The van der Waals surface area contributed by atoms with Crippen LogP contribution < -0.4 is 10.1 Å². The van der Waals surface area contributed by atoms with Crippen LogP contribution in [0.2, 0.25) is 0 Å². The van der Waals surface area contributed by atoms with Crippen molar-refractivity contribution < 1.29 is 23.9 Å². The van der Waals surface area contributed by atoms with Gasteiger partial charge in [0.2, 0.25) is 11.8 Å². The first kappa shape index (κ1) is 18.5.